The summed E-state index contributed by atoms with van der Waals surface area (Å²) < 4.78 is 45.6. The number of benzene rings is 1. The molecule has 0 atom stereocenters. The van der Waals surface area contributed by atoms with Crippen molar-refractivity contribution >= 4 is 11.6 Å². The predicted octanol–water partition coefficient (Wildman–Crippen LogP) is 4.97. The van der Waals surface area contributed by atoms with Gasteiger partial charge in [-0.15, -0.1) is 0 Å². The Kier molecular flexibility index (Phi) is 5.91. The Morgan fingerprint density at radius 1 is 1.11 bits per heavy atom. The van der Waals surface area contributed by atoms with Crippen LogP contribution in [0.1, 0.15) is 48.4 Å². The van der Waals surface area contributed by atoms with Gasteiger partial charge in [0.25, 0.3) is 0 Å². The number of methoxy groups -OCH3 is 1. The largest absolute Gasteiger partial charge is 0.497 e. The fourth-order valence-corrected chi connectivity index (χ4v) is 3.53. The van der Waals surface area contributed by atoms with E-state index in [0.717, 1.165) is 17.4 Å². The van der Waals surface area contributed by atoms with E-state index in [1.807, 2.05) is 29.2 Å². The molecule has 0 spiro atoms. The number of hydrogen-bond donors (Lipinski definition) is 0. The zero-order valence-electron chi connectivity index (χ0n) is 15.9. The Bertz CT molecular complexity index is 825. The third kappa shape index (κ3) is 4.64. The number of hydrogen-bond acceptors (Lipinski definition) is 4. The monoisotopic (exact) mass is 392 g/mol. The van der Waals surface area contributed by atoms with Gasteiger partial charge < -0.3 is 9.64 Å². The van der Waals surface area contributed by atoms with Crippen molar-refractivity contribution in [1.82, 2.24) is 4.98 Å². The predicted molar refractivity (Wildman–Crippen MR) is 101 cm³/mol. The highest BCUT2D eigenvalue weighted by Crippen LogP contribution is 2.40. The van der Waals surface area contributed by atoms with Crippen molar-refractivity contribution in [2.75, 3.05) is 19.1 Å². The summed E-state index contributed by atoms with van der Waals surface area (Å²) in [6.45, 7) is 0.505. The van der Waals surface area contributed by atoms with Crippen LogP contribution in [0.15, 0.2) is 36.4 Å². The van der Waals surface area contributed by atoms with E-state index < -0.39 is 11.7 Å². The molecule has 2 aromatic rings. The zero-order chi connectivity index (χ0) is 20.3. The fraction of sp³-hybridized carbons (Fsp3) is 0.429. The summed E-state index contributed by atoms with van der Waals surface area (Å²) in [5.41, 5.74) is 0.349. The Balaban J connectivity index is 1.86. The number of carbonyl (C=O) groups excluding carboxylic acids is 1. The second kappa shape index (κ2) is 8.20. The molecule has 1 saturated carbocycles. The Labute approximate surface area is 162 Å². The molecule has 0 amide bonds. The minimum absolute atomic E-state index is 0.0547. The molecule has 0 unspecified atom stereocenters. The average molecular weight is 392 g/mol. The highest BCUT2D eigenvalue weighted by atomic mass is 19.4. The lowest BCUT2D eigenvalue weighted by molar-refractivity contribution is -0.138. The van der Waals surface area contributed by atoms with Gasteiger partial charge in [0.1, 0.15) is 17.4 Å². The van der Waals surface area contributed by atoms with Crippen LogP contribution in [0.3, 0.4) is 0 Å². The highest BCUT2D eigenvalue weighted by Gasteiger charge is 2.37. The van der Waals surface area contributed by atoms with Gasteiger partial charge in [-0.3, -0.25) is 4.79 Å². The number of carbonyl (C=O) groups is 1. The van der Waals surface area contributed by atoms with Crippen LogP contribution in [0.4, 0.5) is 19.0 Å². The smallest absolute Gasteiger partial charge is 0.418 e. The van der Waals surface area contributed by atoms with E-state index in [4.69, 9.17) is 4.74 Å². The molecule has 1 heterocycles. The van der Waals surface area contributed by atoms with Gasteiger partial charge in [0.05, 0.1) is 18.4 Å². The van der Waals surface area contributed by atoms with Crippen LogP contribution in [-0.2, 0) is 17.5 Å². The van der Waals surface area contributed by atoms with Gasteiger partial charge in [-0.05, 0) is 42.7 Å². The molecule has 1 aromatic carbocycles. The number of ketones is 1. The van der Waals surface area contributed by atoms with Gasteiger partial charge in [-0.1, -0.05) is 12.1 Å². The number of aromatic nitrogens is 1. The second-order valence-corrected chi connectivity index (χ2v) is 7.12. The van der Waals surface area contributed by atoms with Crippen molar-refractivity contribution in [3.63, 3.8) is 0 Å². The molecule has 150 valence electrons. The zero-order valence-corrected chi connectivity index (χ0v) is 15.9. The minimum Gasteiger partial charge on any atom is -0.497 e. The van der Waals surface area contributed by atoms with E-state index >= 15 is 0 Å². The van der Waals surface area contributed by atoms with Gasteiger partial charge in [-0.25, -0.2) is 4.98 Å². The summed E-state index contributed by atoms with van der Waals surface area (Å²) in [6, 6.07) is 10.0. The van der Waals surface area contributed by atoms with Crippen molar-refractivity contribution in [2.24, 2.45) is 0 Å². The third-order valence-corrected chi connectivity index (χ3v) is 5.12. The van der Waals surface area contributed by atoms with Gasteiger partial charge in [0, 0.05) is 32.4 Å². The summed E-state index contributed by atoms with van der Waals surface area (Å²) in [6.07, 6.45) is -3.00. The molecule has 0 aliphatic heterocycles. The Morgan fingerprint density at radius 2 is 1.75 bits per heavy atom. The molecule has 4 nitrogen and oxygen atoms in total. The number of anilines is 1. The van der Waals surface area contributed by atoms with Crippen LogP contribution in [0.5, 0.6) is 5.75 Å². The van der Waals surface area contributed by atoms with Crippen molar-refractivity contribution in [3.8, 4) is 5.75 Å². The van der Waals surface area contributed by atoms with Crippen molar-refractivity contribution in [1.29, 1.82) is 0 Å². The topological polar surface area (TPSA) is 42.4 Å². The summed E-state index contributed by atoms with van der Waals surface area (Å²) >= 11 is 0. The van der Waals surface area contributed by atoms with Crippen molar-refractivity contribution in [3.05, 3.63) is 53.2 Å². The van der Waals surface area contributed by atoms with E-state index in [2.05, 4.69) is 4.98 Å². The van der Waals surface area contributed by atoms with Crippen LogP contribution < -0.4 is 9.64 Å². The average Bonchev–Trinajstić information content (AvgIpc) is 2.68. The standard InChI is InChI=1S/C21H23F3N2O2/c1-26(13-14-3-9-17(28-2)10-4-14)19-12-11-18(21(22,23)24)20(25-19)15-5-7-16(27)8-6-15/h3-4,9-12,15H,5-8,13H2,1-2H3. The molecular weight excluding hydrogens is 369 g/mol. The first-order valence-corrected chi connectivity index (χ1v) is 9.22. The molecule has 1 aromatic heterocycles. The maximum atomic E-state index is 13.5. The van der Waals surface area contributed by atoms with Crippen LogP contribution in [-0.4, -0.2) is 24.9 Å². The molecule has 0 N–H and O–H groups in total. The van der Waals surface area contributed by atoms with E-state index in [1.165, 1.54) is 6.07 Å². The first-order valence-electron chi connectivity index (χ1n) is 9.22. The molecule has 7 heteroatoms. The van der Waals surface area contributed by atoms with Crippen LogP contribution in [0, 0.1) is 0 Å². The fourth-order valence-electron chi connectivity index (χ4n) is 3.53. The Morgan fingerprint density at radius 3 is 2.32 bits per heavy atom. The molecule has 0 saturated heterocycles. The van der Waals surface area contributed by atoms with E-state index in [1.54, 1.807) is 14.2 Å². The van der Waals surface area contributed by atoms with E-state index in [0.29, 0.717) is 38.0 Å². The number of Topliss-reactive ketones (excluding diaryl/α,β-unsaturated/α-hetero) is 1. The maximum Gasteiger partial charge on any atom is 0.418 e. The minimum atomic E-state index is -4.46. The summed E-state index contributed by atoms with van der Waals surface area (Å²) in [4.78, 5) is 17.7. The first kappa shape index (κ1) is 20.2. The number of pyridine rings is 1. The number of nitrogens with zero attached hydrogens (tertiary/aromatic N) is 2. The molecule has 1 aliphatic carbocycles. The van der Waals surface area contributed by atoms with Gasteiger partial charge in [-0.2, -0.15) is 13.2 Å². The maximum absolute atomic E-state index is 13.5. The molecule has 3 rings (SSSR count). The van der Waals surface area contributed by atoms with Crippen LogP contribution >= 0.6 is 0 Å². The van der Waals surface area contributed by atoms with Crippen LogP contribution in [0.25, 0.3) is 0 Å². The van der Waals surface area contributed by atoms with Crippen molar-refractivity contribution in [2.45, 2.75) is 44.3 Å². The molecule has 0 radical (unpaired) electrons. The first-order chi connectivity index (χ1) is 13.3. The van der Waals surface area contributed by atoms with Gasteiger partial charge in [0.15, 0.2) is 0 Å². The second-order valence-electron chi connectivity index (χ2n) is 7.12. The SMILES string of the molecule is COc1ccc(CN(C)c2ccc(C(F)(F)F)c(C3CCC(=O)CC3)n2)cc1. The molecule has 1 fully saturated rings. The lowest BCUT2D eigenvalue weighted by atomic mass is 9.84. The summed E-state index contributed by atoms with van der Waals surface area (Å²) in [7, 11) is 3.39. The highest BCUT2D eigenvalue weighted by molar-refractivity contribution is 5.79. The normalized spacial score (nSPS) is 15.5. The number of halogens is 3. The molecule has 28 heavy (non-hydrogen) atoms. The molecule has 0 bridgehead atoms. The summed E-state index contributed by atoms with van der Waals surface area (Å²) in [5.74, 6) is 0.991. The van der Waals surface area contributed by atoms with Crippen LogP contribution in [0.2, 0.25) is 0 Å². The van der Waals surface area contributed by atoms with E-state index in [9.17, 15) is 18.0 Å². The molecular formula is C21H23F3N2O2. The lowest BCUT2D eigenvalue weighted by Crippen LogP contribution is -2.22. The number of alkyl halides is 3. The van der Waals surface area contributed by atoms with Gasteiger partial charge >= 0.3 is 6.18 Å². The third-order valence-electron chi connectivity index (χ3n) is 5.12. The Hall–Kier alpha value is -2.57. The molecule has 1 aliphatic rings. The lowest BCUT2D eigenvalue weighted by Gasteiger charge is -2.26. The number of ether oxygens (including phenoxy) is 1. The van der Waals surface area contributed by atoms with Crippen molar-refractivity contribution < 1.29 is 22.7 Å². The van der Waals surface area contributed by atoms with Gasteiger partial charge in [0.2, 0.25) is 0 Å². The number of rotatable bonds is 5. The summed E-state index contributed by atoms with van der Waals surface area (Å²) in [5, 5.41) is 0. The van der Waals surface area contributed by atoms with E-state index in [-0.39, 0.29) is 17.4 Å². The quantitative estimate of drug-likeness (QED) is 0.720.